The number of nitrogens with zero attached hydrogens (tertiary/aromatic N) is 2. The number of amides is 1. The highest BCUT2D eigenvalue weighted by Gasteiger charge is 2.43. The lowest BCUT2D eigenvalue weighted by Gasteiger charge is -2.49. The predicted octanol–water partition coefficient (Wildman–Crippen LogP) is 3.19. The van der Waals surface area contributed by atoms with Crippen molar-refractivity contribution in [2.24, 2.45) is 10.8 Å². The van der Waals surface area contributed by atoms with Crippen LogP contribution in [0.25, 0.3) is 0 Å². The lowest BCUT2D eigenvalue weighted by Crippen LogP contribution is -2.46. The number of hydrazone groups is 1. The van der Waals surface area contributed by atoms with Gasteiger partial charge in [0.1, 0.15) is 6.10 Å². The Labute approximate surface area is 168 Å². The number of rotatable bonds is 5. The van der Waals surface area contributed by atoms with Crippen molar-refractivity contribution in [1.29, 1.82) is 0 Å². The molecular formula is C20H31N3O4Si-. The Kier molecular flexibility index (Phi) is 6.66. The summed E-state index contributed by atoms with van der Waals surface area (Å²) in [5, 5.41) is 5.36. The van der Waals surface area contributed by atoms with Gasteiger partial charge in [-0.05, 0) is 20.8 Å². The maximum Gasteiger partial charge on any atom is 0.375 e. The van der Waals surface area contributed by atoms with Crippen LogP contribution in [-0.4, -0.2) is 43.7 Å². The molecule has 1 amide bonds. The number of esters is 1. The fourth-order valence-corrected chi connectivity index (χ4v) is 4.03. The van der Waals surface area contributed by atoms with Gasteiger partial charge in [0, 0.05) is 6.42 Å². The molecular weight excluding hydrogens is 374 g/mol. The van der Waals surface area contributed by atoms with E-state index in [-0.39, 0.29) is 29.4 Å². The SMILES string of the molecule is CCOC(=O)C(N)=NN1C(=O)[C@@H](O[Si-](C)(C)C(C)(C)C)CC1c1ccccc1. The molecule has 0 aliphatic carbocycles. The molecule has 7 nitrogen and oxygen atoms in total. The summed E-state index contributed by atoms with van der Waals surface area (Å²) < 4.78 is 11.3. The molecule has 0 radical (unpaired) electrons. The maximum atomic E-state index is 13.1. The van der Waals surface area contributed by atoms with Gasteiger partial charge in [0.2, 0.25) is 5.84 Å². The molecule has 8 heteroatoms. The van der Waals surface area contributed by atoms with Crippen molar-refractivity contribution in [3.05, 3.63) is 35.9 Å². The quantitative estimate of drug-likeness (QED) is 0.351. The minimum atomic E-state index is -2.17. The van der Waals surface area contributed by atoms with E-state index in [2.05, 4.69) is 39.0 Å². The number of carbonyl (C=O) groups is 2. The first-order valence-electron chi connectivity index (χ1n) is 9.55. The van der Waals surface area contributed by atoms with Crippen LogP contribution in [0, 0.1) is 0 Å². The largest absolute Gasteiger partial charge is 0.555 e. The summed E-state index contributed by atoms with van der Waals surface area (Å²) in [5.74, 6) is -1.37. The molecule has 0 bridgehead atoms. The topological polar surface area (TPSA) is 94.2 Å². The van der Waals surface area contributed by atoms with Gasteiger partial charge < -0.3 is 14.9 Å². The number of benzene rings is 1. The van der Waals surface area contributed by atoms with Gasteiger partial charge in [0.05, 0.1) is 12.6 Å². The number of hydrogen-bond donors (Lipinski definition) is 1. The molecule has 1 aliphatic heterocycles. The third-order valence-electron chi connectivity index (χ3n) is 5.36. The number of nitrogens with two attached hydrogens (primary N) is 1. The summed E-state index contributed by atoms with van der Waals surface area (Å²) >= 11 is 0. The van der Waals surface area contributed by atoms with Crippen LogP contribution in [0.1, 0.15) is 45.7 Å². The highest BCUT2D eigenvalue weighted by Crippen LogP contribution is 2.41. The van der Waals surface area contributed by atoms with Crippen LogP contribution in [0.5, 0.6) is 0 Å². The van der Waals surface area contributed by atoms with Crippen molar-refractivity contribution in [3.8, 4) is 0 Å². The Morgan fingerprint density at radius 1 is 1.29 bits per heavy atom. The molecule has 0 spiro atoms. The van der Waals surface area contributed by atoms with Crippen molar-refractivity contribution in [1.82, 2.24) is 5.01 Å². The molecule has 2 N–H and O–H groups in total. The number of amidine groups is 1. The van der Waals surface area contributed by atoms with Crippen molar-refractivity contribution in [3.63, 3.8) is 0 Å². The minimum Gasteiger partial charge on any atom is -0.555 e. The standard InChI is InChI=1S/C20H31N3O4Si/c1-7-26-19(25)17(21)22-23-15(14-11-9-8-10-12-14)13-16(18(23)24)27-28(5,6)20(2,3)4/h8-12,15-16H,7,13H2,1-6H3,(H2,21,22)/q-1/t15?,16-/m0/s1. The zero-order valence-corrected chi connectivity index (χ0v) is 18.6. The third kappa shape index (κ3) is 4.80. The predicted molar refractivity (Wildman–Crippen MR) is 111 cm³/mol. The van der Waals surface area contributed by atoms with Crippen LogP contribution in [-0.2, 0) is 18.8 Å². The van der Waals surface area contributed by atoms with Crippen LogP contribution >= 0.6 is 0 Å². The van der Waals surface area contributed by atoms with E-state index in [1.165, 1.54) is 5.01 Å². The summed E-state index contributed by atoms with van der Waals surface area (Å²) in [6.45, 7) is 12.5. The molecule has 28 heavy (non-hydrogen) atoms. The lowest BCUT2D eigenvalue weighted by molar-refractivity contribution is -0.135. The Morgan fingerprint density at radius 3 is 2.43 bits per heavy atom. The number of ether oxygens (including phenoxy) is 1. The Bertz CT molecular complexity index is 744. The summed E-state index contributed by atoms with van der Waals surface area (Å²) in [6.07, 6.45) is -0.167. The van der Waals surface area contributed by atoms with Crippen LogP contribution in [0.15, 0.2) is 35.4 Å². The number of hydrogen-bond acceptors (Lipinski definition) is 5. The van der Waals surface area contributed by atoms with Crippen LogP contribution in [0.4, 0.5) is 0 Å². The summed E-state index contributed by atoms with van der Waals surface area (Å²) in [5.41, 5.74) is 6.69. The van der Waals surface area contributed by atoms with Crippen LogP contribution in [0.2, 0.25) is 18.1 Å². The molecule has 1 aromatic carbocycles. The van der Waals surface area contributed by atoms with Crippen molar-refractivity contribution in [2.45, 2.75) is 64.4 Å². The summed E-state index contributed by atoms with van der Waals surface area (Å²) in [7, 11) is -2.17. The molecule has 1 unspecified atom stereocenters. The van der Waals surface area contributed by atoms with Crippen molar-refractivity contribution in [2.75, 3.05) is 6.61 Å². The Balaban J connectivity index is 2.35. The van der Waals surface area contributed by atoms with Crippen LogP contribution in [0.3, 0.4) is 0 Å². The average Bonchev–Trinajstić information content (AvgIpc) is 2.90. The average molecular weight is 406 g/mol. The van der Waals surface area contributed by atoms with E-state index < -0.39 is 20.4 Å². The van der Waals surface area contributed by atoms with Gasteiger partial charge in [-0.2, -0.15) is 0 Å². The van der Waals surface area contributed by atoms with Gasteiger partial charge in [-0.15, -0.1) is 23.2 Å². The van der Waals surface area contributed by atoms with E-state index in [9.17, 15) is 9.59 Å². The van der Waals surface area contributed by atoms with Gasteiger partial charge in [0.15, 0.2) is 0 Å². The van der Waals surface area contributed by atoms with Gasteiger partial charge in [0.25, 0.3) is 5.91 Å². The molecule has 2 atom stereocenters. The lowest BCUT2D eigenvalue weighted by atomic mass is 10.0. The molecule has 1 aromatic rings. The summed E-state index contributed by atoms with van der Waals surface area (Å²) in [4.78, 5) is 25.0. The first-order chi connectivity index (χ1) is 13.0. The molecule has 1 fully saturated rings. The number of carbonyl (C=O) groups excluding carboxylic acids is 2. The van der Waals surface area contributed by atoms with E-state index in [0.29, 0.717) is 6.42 Å². The van der Waals surface area contributed by atoms with E-state index >= 15 is 0 Å². The van der Waals surface area contributed by atoms with Crippen LogP contribution < -0.4 is 5.73 Å². The highest BCUT2D eigenvalue weighted by atomic mass is 28.4. The zero-order valence-electron chi connectivity index (χ0n) is 17.6. The zero-order chi connectivity index (χ0) is 21.1. The molecule has 1 aliphatic rings. The van der Waals surface area contributed by atoms with Gasteiger partial charge in [-0.1, -0.05) is 51.1 Å². The molecule has 2 rings (SSSR count). The first-order valence-corrected chi connectivity index (χ1v) is 12.5. The van der Waals surface area contributed by atoms with E-state index in [1.54, 1.807) is 6.92 Å². The maximum absolute atomic E-state index is 13.1. The fraction of sp³-hybridized carbons (Fsp3) is 0.550. The Morgan fingerprint density at radius 2 is 1.89 bits per heavy atom. The van der Waals surface area contributed by atoms with E-state index in [4.69, 9.17) is 14.9 Å². The highest BCUT2D eigenvalue weighted by molar-refractivity contribution is 6.74. The van der Waals surface area contributed by atoms with Crippen molar-refractivity contribution < 1.29 is 18.8 Å². The monoisotopic (exact) mass is 405 g/mol. The third-order valence-corrected chi connectivity index (χ3v) is 9.85. The fourth-order valence-electron chi connectivity index (χ4n) is 2.77. The second kappa shape index (κ2) is 8.44. The smallest absolute Gasteiger partial charge is 0.375 e. The van der Waals surface area contributed by atoms with Gasteiger partial charge in [-0.25, -0.2) is 9.80 Å². The van der Waals surface area contributed by atoms with Gasteiger partial charge >= 0.3 is 5.97 Å². The molecule has 155 valence electrons. The normalized spacial score (nSPS) is 21.1. The second-order valence-corrected chi connectivity index (χ2v) is 13.2. The van der Waals surface area contributed by atoms with Gasteiger partial charge in [-0.3, -0.25) is 4.79 Å². The van der Waals surface area contributed by atoms with Crippen molar-refractivity contribution >= 4 is 26.0 Å². The second-order valence-electron chi connectivity index (χ2n) is 8.42. The first kappa shape index (κ1) is 22.1. The molecule has 1 saturated heterocycles. The van der Waals surface area contributed by atoms with E-state index in [1.807, 2.05) is 30.3 Å². The minimum absolute atomic E-state index is 0.0316. The molecule has 0 saturated carbocycles. The molecule has 0 aromatic heterocycles. The summed E-state index contributed by atoms with van der Waals surface area (Å²) in [6, 6.07) is 9.21. The molecule has 1 heterocycles. The Hall–Kier alpha value is -2.19. The van der Waals surface area contributed by atoms with E-state index in [0.717, 1.165) is 5.56 Å².